The lowest BCUT2D eigenvalue weighted by molar-refractivity contribution is 0.0683. The molecule has 2 heterocycles. The average Bonchev–Trinajstić information content (AvgIpc) is 2.77. The molecule has 1 N–H and O–H groups in total. The molecule has 6 heteroatoms. The van der Waals surface area contributed by atoms with Gasteiger partial charge in [-0.1, -0.05) is 12.1 Å². The van der Waals surface area contributed by atoms with Gasteiger partial charge in [-0.25, -0.2) is 9.78 Å². The summed E-state index contributed by atoms with van der Waals surface area (Å²) < 4.78 is 1.69. The average molecular weight is 271 g/mol. The molecule has 1 aromatic heterocycles. The zero-order chi connectivity index (χ0) is 14.4. The third-order valence-electron chi connectivity index (χ3n) is 3.53. The van der Waals surface area contributed by atoms with Crippen LogP contribution in [0.3, 0.4) is 0 Å². The molecule has 0 saturated heterocycles. The topological polar surface area (TPSA) is 75.4 Å². The minimum atomic E-state index is -1.09. The molecular formula is C14H13N3O3. The summed E-state index contributed by atoms with van der Waals surface area (Å²) in [6, 6.07) is 5.51. The lowest BCUT2D eigenvalue weighted by Crippen LogP contribution is -2.26. The minimum Gasteiger partial charge on any atom is -0.476 e. The van der Waals surface area contributed by atoms with Gasteiger partial charge in [0.2, 0.25) is 0 Å². The van der Waals surface area contributed by atoms with E-state index in [1.165, 1.54) is 11.2 Å². The summed E-state index contributed by atoms with van der Waals surface area (Å²) in [6.07, 6.45) is 1.46. The van der Waals surface area contributed by atoms with Gasteiger partial charge in [0.1, 0.15) is 6.33 Å². The number of carboxylic acids is 1. The molecule has 3 rings (SSSR count). The molecule has 0 saturated carbocycles. The Balaban J connectivity index is 2.35. The molecule has 0 radical (unpaired) electrons. The Morgan fingerprint density at radius 3 is 2.85 bits per heavy atom. The standard InChI is InChI=1S/C14H13N3O3/c1-8-4-3-5-9-11(8)13(18)16(2)6-10-12(14(19)20)15-7-17(9)10/h3-5,7H,6H2,1-2H3,(H,19,20). The third-order valence-corrected chi connectivity index (χ3v) is 3.53. The van der Waals surface area contributed by atoms with Crippen LogP contribution in [0.1, 0.15) is 32.1 Å². The maximum absolute atomic E-state index is 12.4. The number of carboxylic acid groups (broad SMARTS) is 1. The number of carbonyl (C=O) groups is 2. The number of aryl methyl sites for hydroxylation is 1. The van der Waals surface area contributed by atoms with Crippen molar-refractivity contribution in [3.8, 4) is 5.69 Å². The number of aromatic carboxylic acids is 1. The van der Waals surface area contributed by atoms with Crippen molar-refractivity contribution in [1.82, 2.24) is 14.5 Å². The molecule has 0 aliphatic carbocycles. The van der Waals surface area contributed by atoms with Crippen molar-refractivity contribution < 1.29 is 14.7 Å². The van der Waals surface area contributed by atoms with Crippen molar-refractivity contribution in [3.05, 3.63) is 47.0 Å². The fourth-order valence-electron chi connectivity index (χ4n) is 2.53. The highest BCUT2D eigenvalue weighted by molar-refractivity contribution is 6.00. The second kappa shape index (κ2) is 4.19. The van der Waals surface area contributed by atoms with E-state index in [0.717, 1.165) is 5.56 Å². The van der Waals surface area contributed by atoms with Crippen molar-refractivity contribution in [2.45, 2.75) is 13.5 Å². The van der Waals surface area contributed by atoms with Gasteiger partial charge in [-0.15, -0.1) is 0 Å². The van der Waals surface area contributed by atoms with Crippen LogP contribution in [0.4, 0.5) is 0 Å². The van der Waals surface area contributed by atoms with E-state index in [1.54, 1.807) is 17.7 Å². The number of carbonyl (C=O) groups excluding carboxylic acids is 1. The van der Waals surface area contributed by atoms with E-state index in [4.69, 9.17) is 0 Å². The number of imidazole rings is 1. The number of hydrogen-bond donors (Lipinski definition) is 1. The van der Waals surface area contributed by atoms with Gasteiger partial charge in [0.15, 0.2) is 5.69 Å². The third kappa shape index (κ3) is 1.61. The summed E-state index contributed by atoms with van der Waals surface area (Å²) in [7, 11) is 1.66. The predicted octanol–water partition coefficient (Wildman–Crippen LogP) is 1.46. The van der Waals surface area contributed by atoms with Gasteiger partial charge in [0.05, 0.1) is 23.5 Å². The number of rotatable bonds is 1. The summed E-state index contributed by atoms with van der Waals surface area (Å²) >= 11 is 0. The predicted molar refractivity (Wildman–Crippen MR) is 71.1 cm³/mol. The molecule has 1 aliphatic rings. The van der Waals surface area contributed by atoms with Crippen LogP contribution < -0.4 is 0 Å². The van der Waals surface area contributed by atoms with Crippen LogP contribution in [0.5, 0.6) is 0 Å². The summed E-state index contributed by atoms with van der Waals surface area (Å²) in [5.74, 6) is -1.20. The maximum atomic E-state index is 12.4. The first-order valence-electron chi connectivity index (χ1n) is 6.15. The Kier molecular flexibility index (Phi) is 2.60. The quantitative estimate of drug-likeness (QED) is 0.852. The van der Waals surface area contributed by atoms with Crippen LogP contribution in [0.2, 0.25) is 0 Å². The highest BCUT2D eigenvalue weighted by atomic mass is 16.4. The summed E-state index contributed by atoms with van der Waals surface area (Å²) in [4.78, 5) is 29.1. The van der Waals surface area contributed by atoms with Gasteiger partial charge in [-0.2, -0.15) is 0 Å². The highest BCUT2D eigenvalue weighted by Crippen LogP contribution is 2.27. The number of hydrogen-bond acceptors (Lipinski definition) is 3. The van der Waals surface area contributed by atoms with E-state index in [2.05, 4.69) is 4.98 Å². The Bertz CT molecular complexity index is 733. The zero-order valence-corrected chi connectivity index (χ0v) is 11.1. The fraction of sp³-hybridized carbons (Fsp3) is 0.214. The smallest absolute Gasteiger partial charge is 0.356 e. The minimum absolute atomic E-state index is 0.0148. The van der Waals surface area contributed by atoms with Gasteiger partial charge in [0.25, 0.3) is 5.91 Å². The van der Waals surface area contributed by atoms with E-state index in [1.807, 2.05) is 19.1 Å². The highest BCUT2D eigenvalue weighted by Gasteiger charge is 2.28. The van der Waals surface area contributed by atoms with Crippen molar-refractivity contribution in [2.24, 2.45) is 0 Å². The summed E-state index contributed by atoms with van der Waals surface area (Å²) in [5.41, 5.74) is 2.62. The maximum Gasteiger partial charge on any atom is 0.356 e. The van der Waals surface area contributed by atoms with Gasteiger partial charge in [0, 0.05) is 7.05 Å². The SMILES string of the molecule is Cc1cccc2c1C(=O)N(C)Cc1c(C(=O)O)ncn1-2. The van der Waals surface area contributed by atoms with Gasteiger partial charge in [-0.05, 0) is 18.6 Å². The molecule has 0 fully saturated rings. The lowest BCUT2D eigenvalue weighted by Gasteiger charge is -2.15. The van der Waals surface area contributed by atoms with E-state index >= 15 is 0 Å². The lowest BCUT2D eigenvalue weighted by atomic mass is 10.1. The molecular weight excluding hydrogens is 258 g/mol. The molecule has 1 aromatic carbocycles. The van der Waals surface area contributed by atoms with Crippen LogP contribution in [0, 0.1) is 6.92 Å². The number of fused-ring (bicyclic) bond motifs is 3. The first-order chi connectivity index (χ1) is 9.50. The Morgan fingerprint density at radius 1 is 1.40 bits per heavy atom. The summed E-state index contributed by atoms with van der Waals surface area (Å²) in [5, 5.41) is 9.20. The molecule has 0 bridgehead atoms. The molecule has 0 spiro atoms. The molecule has 20 heavy (non-hydrogen) atoms. The van der Waals surface area contributed by atoms with Crippen LogP contribution in [-0.2, 0) is 6.54 Å². The van der Waals surface area contributed by atoms with Crippen LogP contribution in [0.25, 0.3) is 5.69 Å². The van der Waals surface area contributed by atoms with Crippen molar-refractivity contribution in [2.75, 3.05) is 7.05 Å². The molecule has 1 aliphatic heterocycles. The van der Waals surface area contributed by atoms with Crippen LogP contribution in [-0.4, -0.2) is 38.5 Å². The second-order valence-corrected chi connectivity index (χ2v) is 4.85. The normalized spacial score (nSPS) is 13.7. The first-order valence-corrected chi connectivity index (χ1v) is 6.15. The van der Waals surface area contributed by atoms with E-state index in [0.29, 0.717) is 16.9 Å². The van der Waals surface area contributed by atoms with E-state index < -0.39 is 5.97 Å². The van der Waals surface area contributed by atoms with Crippen molar-refractivity contribution >= 4 is 11.9 Å². The molecule has 2 aromatic rings. The Hall–Kier alpha value is -2.63. The second-order valence-electron chi connectivity index (χ2n) is 4.85. The van der Waals surface area contributed by atoms with Crippen molar-refractivity contribution in [3.63, 3.8) is 0 Å². The Labute approximate surface area is 115 Å². The molecule has 0 atom stereocenters. The number of nitrogens with zero attached hydrogens (tertiary/aromatic N) is 3. The van der Waals surface area contributed by atoms with Crippen LogP contribution in [0.15, 0.2) is 24.5 Å². The Morgan fingerprint density at radius 2 is 2.15 bits per heavy atom. The zero-order valence-electron chi connectivity index (χ0n) is 11.1. The molecule has 1 amide bonds. The van der Waals surface area contributed by atoms with Crippen molar-refractivity contribution in [1.29, 1.82) is 0 Å². The van der Waals surface area contributed by atoms with Crippen LogP contribution >= 0.6 is 0 Å². The first kappa shape index (κ1) is 12.4. The molecule has 102 valence electrons. The number of amides is 1. The largest absolute Gasteiger partial charge is 0.476 e. The number of aromatic nitrogens is 2. The molecule has 6 nitrogen and oxygen atoms in total. The monoisotopic (exact) mass is 271 g/mol. The van der Waals surface area contributed by atoms with Gasteiger partial charge < -0.3 is 10.0 Å². The molecule has 0 unspecified atom stereocenters. The van der Waals surface area contributed by atoms with Gasteiger partial charge in [-0.3, -0.25) is 9.36 Å². The van der Waals surface area contributed by atoms with Gasteiger partial charge >= 0.3 is 5.97 Å². The van der Waals surface area contributed by atoms with E-state index in [9.17, 15) is 14.7 Å². The summed E-state index contributed by atoms with van der Waals surface area (Å²) in [6.45, 7) is 2.08. The fourth-order valence-corrected chi connectivity index (χ4v) is 2.53. The number of benzene rings is 1. The van der Waals surface area contributed by atoms with E-state index in [-0.39, 0.29) is 18.1 Å².